The Morgan fingerprint density at radius 3 is 2.62 bits per heavy atom. The van der Waals surface area contributed by atoms with E-state index in [1.54, 1.807) is 0 Å². The first-order valence-electron chi connectivity index (χ1n) is 4.51. The van der Waals surface area contributed by atoms with Crippen molar-refractivity contribution >= 4 is 0 Å². The summed E-state index contributed by atoms with van der Waals surface area (Å²) in [5.74, 6) is 0. The predicted octanol–water partition coefficient (Wildman–Crippen LogP) is 0.861. The Labute approximate surface area is 79.6 Å². The van der Waals surface area contributed by atoms with Gasteiger partial charge < -0.3 is 10.6 Å². The standard InChI is InChI=1S/C10H17N3/c1-9(11)7-13(2)8-10-3-5-12-6-4-10/h3-6,9H,7-8,11H2,1-2H3. The highest BCUT2D eigenvalue weighted by Gasteiger charge is 2.01. The molecule has 2 N–H and O–H groups in total. The highest BCUT2D eigenvalue weighted by molar-refractivity contribution is 5.09. The summed E-state index contributed by atoms with van der Waals surface area (Å²) in [7, 11) is 2.07. The molecule has 0 spiro atoms. The van der Waals surface area contributed by atoms with Gasteiger partial charge in [-0.2, -0.15) is 0 Å². The fourth-order valence-electron chi connectivity index (χ4n) is 1.36. The predicted molar refractivity (Wildman–Crippen MR) is 54.2 cm³/mol. The van der Waals surface area contributed by atoms with E-state index in [9.17, 15) is 0 Å². The SMILES string of the molecule is CC(N)CN(C)Cc1ccncc1. The zero-order chi connectivity index (χ0) is 9.68. The number of likely N-dealkylation sites (N-methyl/N-ethyl adjacent to an activating group) is 1. The molecule has 1 rings (SSSR count). The zero-order valence-corrected chi connectivity index (χ0v) is 8.27. The maximum atomic E-state index is 5.69. The molecule has 0 bridgehead atoms. The van der Waals surface area contributed by atoms with Crippen LogP contribution in [0.25, 0.3) is 0 Å². The largest absolute Gasteiger partial charge is 0.327 e. The minimum Gasteiger partial charge on any atom is -0.327 e. The lowest BCUT2D eigenvalue weighted by molar-refractivity contribution is 0.310. The van der Waals surface area contributed by atoms with Crippen LogP contribution >= 0.6 is 0 Å². The third-order valence-electron chi connectivity index (χ3n) is 1.80. The molecule has 0 aliphatic carbocycles. The van der Waals surface area contributed by atoms with Gasteiger partial charge in [0, 0.05) is 31.5 Å². The second-order valence-corrected chi connectivity index (χ2v) is 3.53. The van der Waals surface area contributed by atoms with Crippen molar-refractivity contribution < 1.29 is 0 Å². The molecule has 1 atom stereocenters. The van der Waals surface area contributed by atoms with Gasteiger partial charge in [-0.3, -0.25) is 4.98 Å². The van der Waals surface area contributed by atoms with Crippen LogP contribution in [0.3, 0.4) is 0 Å². The minimum absolute atomic E-state index is 0.229. The lowest BCUT2D eigenvalue weighted by atomic mass is 10.2. The Bertz CT molecular complexity index is 233. The van der Waals surface area contributed by atoms with Gasteiger partial charge in [-0.15, -0.1) is 0 Å². The minimum atomic E-state index is 0.229. The third kappa shape index (κ3) is 4.01. The first kappa shape index (κ1) is 10.2. The van der Waals surface area contributed by atoms with Crippen molar-refractivity contribution in [2.24, 2.45) is 5.73 Å². The summed E-state index contributed by atoms with van der Waals surface area (Å²) in [5.41, 5.74) is 6.97. The topological polar surface area (TPSA) is 42.1 Å². The number of nitrogens with two attached hydrogens (primary N) is 1. The quantitative estimate of drug-likeness (QED) is 0.745. The Kier molecular flexibility index (Phi) is 3.86. The lowest BCUT2D eigenvalue weighted by Crippen LogP contribution is -2.32. The number of aromatic nitrogens is 1. The summed E-state index contributed by atoms with van der Waals surface area (Å²) in [6.07, 6.45) is 3.63. The van der Waals surface area contributed by atoms with Crippen LogP contribution in [0, 0.1) is 0 Å². The van der Waals surface area contributed by atoms with Crippen LogP contribution in [0.1, 0.15) is 12.5 Å². The molecule has 0 saturated carbocycles. The molecule has 0 saturated heterocycles. The van der Waals surface area contributed by atoms with E-state index in [0.29, 0.717) is 0 Å². The van der Waals surface area contributed by atoms with Crippen LogP contribution in [0.5, 0.6) is 0 Å². The second-order valence-electron chi connectivity index (χ2n) is 3.53. The molecule has 0 aliphatic heterocycles. The van der Waals surface area contributed by atoms with Gasteiger partial charge in [0.05, 0.1) is 0 Å². The van der Waals surface area contributed by atoms with Crippen LogP contribution in [0.4, 0.5) is 0 Å². The first-order chi connectivity index (χ1) is 6.18. The molecule has 3 heteroatoms. The van der Waals surface area contributed by atoms with Crippen LogP contribution < -0.4 is 5.73 Å². The third-order valence-corrected chi connectivity index (χ3v) is 1.80. The van der Waals surface area contributed by atoms with Gasteiger partial charge in [0.2, 0.25) is 0 Å². The molecule has 0 aromatic carbocycles. The van der Waals surface area contributed by atoms with E-state index in [4.69, 9.17) is 5.73 Å². The highest BCUT2D eigenvalue weighted by atomic mass is 15.1. The van der Waals surface area contributed by atoms with Crippen molar-refractivity contribution in [3.63, 3.8) is 0 Å². The van der Waals surface area contributed by atoms with Gasteiger partial charge in [-0.25, -0.2) is 0 Å². The Morgan fingerprint density at radius 1 is 1.46 bits per heavy atom. The molecule has 1 aromatic heterocycles. The molecule has 1 heterocycles. The summed E-state index contributed by atoms with van der Waals surface area (Å²) in [5, 5.41) is 0. The van der Waals surface area contributed by atoms with E-state index in [-0.39, 0.29) is 6.04 Å². The van der Waals surface area contributed by atoms with Gasteiger partial charge in [-0.1, -0.05) is 0 Å². The Morgan fingerprint density at radius 2 is 2.08 bits per heavy atom. The average molecular weight is 179 g/mol. The van der Waals surface area contributed by atoms with E-state index >= 15 is 0 Å². The molecule has 1 aromatic rings. The van der Waals surface area contributed by atoms with E-state index in [2.05, 4.69) is 16.9 Å². The smallest absolute Gasteiger partial charge is 0.0271 e. The van der Waals surface area contributed by atoms with Crippen molar-refractivity contribution in [2.45, 2.75) is 19.5 Å². The van der Waals surface area contributed by atoms with Crippen molar-refractivity contribution in [2.75, 3.05) is 13.6 Å². The fourth-order valence-corrected chi connectivity index (χ4v) is 1.36. The molecule has 0 radical (unpaired) electrons. The molecule has 72 valence electrons. The summed E-state index contributed by atoms with van der Waals surface area (Å²) in [4.78, 5) is 6.18. The second kappa shape index (κ2) is 4.94. The van der Waals surface area contributed by atoms with Crippen LogP contribution in [-0.4, -0.2) is 29.5 Å². The summed E-state index contributed by atoms with van der Waals surface area (Å²) in [6, 6.07) is 4.28. The van der Waals surface area contributed by atoms with Crippen LogP contribution in [-0.2, 0) is 6.54 Å². The molecule has 13 heavy (non-hydrogen) atoms. The molecule has 3 nitrogen and oxygen atoms in total. The molecular formula is C10H17N3. The molecule has 0 aliphatic rings. The number of hydrogen-bond donors (Lipinski definition) is 1. The van der Waals surface area contributed by atoms with Gasteiger partial charge in [0.25, 0.3) is 0 Å². The van der Waals surface area contributed by atoms with Crippen LogP contribution in [0.2, 0.25) is 0 Å². The maximum absolute atomic E-state index is 5.69. The van der Waals surface area contributed by atoms with Gasteiger partial charge in [0.1, 0.15) is 0 Å². The van der Waals surface area contributed by atoms with E-state index in [1.165, 1.54) is 5.56 Å². The van der Waals surface area contributed by atoms with Crippen molar-refractivity contribution in [1.29, 1.82) is 0 Å². The number of pyridine rings is 1. The monoisotopic (exact) mass is 179 g/mol. The maximum Gasteiger partial charge on any atom is 0.0271 e. The van der Waals surface area contributed by atoms with Gasteiger partial charge >= 0.3 is 0 Å². The van der Waals surface area contributed by atoms with Crippen LogP contribution in [0.15, 0.2) is 24.5 Å². The molecular weight excluding hydrogens is 162 g/mol. The van der Waals surface area contributed by atoms with Crippen molar-refractivity contribution in [3.05, 3.63) is 30.1 Å². The molecule has 1 unspecified atom stereocenters. The number of nitrogens with zero attached hydrogens (tertiary/aromatic N) is 2. The van der Waals surface area contributed by atoms with E-state index < -0.39 is 0 Å². The van der Waals surface area contributed by atoms with E-state index in [0.717, 1.165) is 13.1 Å². The van der Waals surface area contributed by atoms with Crippen molar-refractivity contribution in [3.8, 4) is 0 Å². The normalized spacial score (nSPS) is 13.2. The first-order valence-corrected chi connectivity index (χ1v) is 4.51. The lowest BCUT2D eigenvalue weighted by Gasteiger charge is -2.18. The number of hydrogen-bond acceptors (Lipinski definition) is 3. The van der Waals surface area contributed by atoms with Gasteiger partial charge in [0.15, 0.2) is 0 Å². The average Bonchev–Trinajstić information content (AvgIpc) is 2.04. The van der Waals surface area contributed by atoms with E-state index in [1.807, 2.05) is 31.5 Å². The summed E-state index contributed by atoms with van der Waals surface area (Å²) >= 11 is 0. The van der Waals surface area contributed by atoms with Gasteiger partial charge in [-0.05, 0) is 31.7 Å². The fraction of sp³-hybridized carbons (Fsp3) is 0.500. The molecule has 0 fully saturated rings. The Balaban J connectivity index is 2.41. The number of rotatable bonds is 4. The Hall–Kier alpha value is -0.930. The summed E-state index contributed by atoms with van der Waals surface area (Å²) in [6.45, 7) is 3.87. The molecule has 0 amide bonds. The zero-order valence-electron chi connectivity index (χ0n) is 8.27. The van der Waals surface area contributed by atoms with Crippen molar-refractivity contribution in [1.82, 2.24) is 9.88 Å². The summed E-state index contributed by atoms with van der Waals surface area (Å²) < 4.78 is 0. The highest BCUT2D eigenvalue weighted by Crippen LogP contribution is 2.00.